The minimum absolute atomic E-state index is 0.0408. The van der Waals surface area contributed by atoms with Crippen LogP contribution >= 0.6 is 22.9 Å². The third kappa shape index (κ3) is 4.26. The number of ether oxygens (including phenoxy) is 1. The van der Waals surface area contributed by atoms with Crippen molar-refractivity contribution in [3.63, 3.8) is 0 Å². The van der Waals surface area contributed by atoms with E-state index >= 15 is 0 Å². The second-order valence-corrected chi connectivity index (χ2v) is 7.44. The molecular weight excluding hydrogens is 366 g/mol. The van der Waals surface area contributed by atoms with E-state index in [-0.39, 0.29) is 12.5 Å². The minimum atomic E-state index is -0.132. The topological polar surface area (TPSA) is 29.5 Å². The molecule has 0 N–H and O–H groups in total. The van der Waals surface area contributed by atoms with Crippen molar-refractivity contribution < 1.29 is 9.53 Å². The number of carbonyl (C=O) groups is 1. The fourth-order valence-corrected chi connectivity index (χ4v) is 3.57. The lowest BCUT2D eigenvalue weighted by atomic mass is 10.1. The lowest BCUT2D eigenvalue weighted by molar-refractivity contribution is -0.120. The average molecular weight is 386 g/mol. The molecule has 1 heterocycles. The van der Waals surface area contributed by atoms with Gasteiger partial charge in [-0.15, -0.1) is 11.3 Å². The highest BCUT2D eigenvalue weighted by Gasteiger charge is 2.20. The molecule has 0 bridgehead atoms. The van der Waals surface area contributed by atoms with Gasteiger partial charge in [-0.2, -0.15) is 0 Å². The molecule has 0 aliphatic rings. The summed E-state index contributed by atoms with van der Waals surface area (Å²) in [6.45, 7) is 4.45. The van der Waals surface area contributed by atoms with Gasteiger partial charge in [0, 0.05) is 4.88 Å². The number of nitrogens with zero attached hydrogens (tertiary/aromatic N) is 1. The number of carbonyl (C=O) groups excluding carboxylic acids is 1. The fourth-order valence-electron chi connectivity index (χ4n) is 2.63. The van der Waals surface area contributed by atoms with Crippen molar-refractivity contribution in [2.45, 2.75) is 20.4 Å². The highest BCUT2D eigenvalue weighted by atomic mass is 35.5. The summed E-state index contributed by atoms with van der Waals surface area (Å²) in [6.07, 6.45) is 0. The molecule has 0 unspecified atom stereocenters. The Labute approximate surface area is 162 Å². The van der Waals surface area contributed by atoms with Gasteiger partial charge in [-0.3, -0.25) is 4.79 Å². The minimum Gasteiger partial charge on any atom is -0.483 e. The van der Waals surface area contributed by atoms with E-state index in [1.807, 2.05) is 67.8 Å². The molecule has 26 heavy (non-hydrogen) atoms. The van der Waals surface area contributed by atoms with Crippen LogP contribution in [0.15, 0.2) is 60.0 Å². The van der Waals surface area contributed by atoms with Crippen LogP contribution in [0, 0.1) is 13.8 Å². The van der Waals surface area contributed by atoms with Gasteiger partial charge in [0.1, 0.15) is 5.75 Å². The lowest BCUT2D eigenvalue weighted by Crippen LogP contribution is -2.34. The number of para-hydroxylation sites is 1. The van der Waals surface area contributed by atoms with Crippen molar-refractivity contribution in [2.75, 3.05) is 11.5 Å². The van der Waals surface area contributed by atoms with E-state index in [2.05, 4.69) is 0 Å². The summed E-state index contributed by atoms with van der Waals surface area (Å²) in [4.78, 5) is 15.7. The van der Waals surface area contributed by atoms with Crippen LogP contribution in [-0.2, 0) is 11.3 Å². The Morgan fingerprint density at radius 2 is 1.88 bits per heavy atom. The number of aryl methyl sites for hydroxylation is 1. The quantitative estimate of drug-likeness (QED) is 0.550. The summed E-state index contributed by atoms with van der Waals surface area (Å²) in [5.41, 5.74) is 2.87. The Morgan fingerprint density at radius 1 is 1.08 bits per heavy atom. The number of rotatable bonds is 6. The van der Waals surface area contributed by atoms with E-state index in [9.17, 15) is 4.79 Å². The van der Waals surface area contributed by atoms with Crippen molar-refractivity contribution >= 4 is 34.5 Å². The monoisotopic (exact) mass is 385 g/mol. The molecule has 3 aromatic rings. The van der Waals surface area contributed by atoms with Crippen LogP contribution in [0.25, 0.3) is 0 Å². The van der Waals surface area contributed by atoms with Gasteiger partial charge in [0.15, 0.2) is 6.61 Å². The molecule has 0 saturated carbocycles. The summed E-state index contributed by atoms with van der Waals surface area (Å²) < 4.78 is 5.81. The highest BCUT2D eigenvalue weighted by Crippen LogP contribution is 2.28. The maximum absolute atomic E-state index is 12.9. The Hall–Kier alpha value is -2.30. The summed E-state index contributed by atoms with van der Waals surface area (Å²) >= 11 is 7.95. The summed E-state index contributed by atoms with van der Waals surface area (Å²) in [5.74, 6) is 0.598. The summed E-state index contributed by atoms with van der Waals surface area (Å²) in [6, 6.07) is 17.2. The van der Waals surface area contributed by atoms with Crippen LogP contribution in [0.5, 0.6) is 5.75 Å². The zero-order valence-electron chi connectivity index (χ0n) is 14.7. The predicted octanol–water partition coefficient (Wildman–Crippen LogP) is 5.63. The number of anilines is 1. The first-order valence-corrected chi connectivity index (χ1v) is 9.58. The van der Waals surface area contributed by atoms with Gasteiger partial charge in [-0.05, 0) is 54.6 Å². The van der Waals surface area contributed by atoms with Crippen molar-refractivity contribution in [2.24, 2.45) is 0 Å². The maximum Gasteiger partial charge on any atom is 0.265 e. The smallest absolute Gasteiger partial charge is 0.265 e. The standard InChI is InChI=1S/C21H20ClNO2S/c1-15-7-5-11-20(16(15)2)25-14-21(24)23(13-17-8-6-12-26-17)19-10-4-3-9-18(19)22/h3-12H,13-14H2,1-2H3. The van der Waals surface area contributed by atoms with Crippen LogP contribution in [0.4, 0.5) is 5.69 Å². The van der Waals surface area contributed by atoms with Gasteiger partial charge >= 0.3 is 0 Å². The molecule has 0 aliphatic carbocycles. The second-order valence-electron chi connectivity index (χ2n) is 6.00. The van der Waals surface area contributed by atoms with E-state index in [1.54, 1.807) is 22.3 Å². The van der Waals surface area contributed by atoms with E-state index in [4.69, 9.17) is 16.3 Å². The van der Waals surface area contributed by atoms with Crippen molar-refractivity contribution in [3.05, 3.63) is 81.0 Å². The Balaban J connectivity index is 1.80. The number of halogens is 1. The molecule has 1 amide bonds. The first-order valence-electron chi connectivity index (χ1n) is 8.32. The molecule has 0 saturated heterocycles. The normalized spacial score (nSPS) is 10.6. The molecular formula is C21H20ClNO2S. The molecule has 0 fully saturated rings. The van der Waals surface area contributed by atoms with E-state index in [0.717, 1.165) is 21.8 Å². The third-order valence-electron chi connectivity index (χ3n) is 4.24. The third-order valence-corrected chi connectivity index (χ3v) is 5.43. The first kappa shape index (κ1) is 18.5. The molecule has 0 spiro atoms. The van der Waals surface area contributed by atoms with E-state index in [1.165, 1.54) is 0 Å². The van der Waals surface area contributed by atoms with Gasteiger partial charge in [0.05, 0.1) is 17.3 Å². The zero-order valence-corrected chi connectivity index (χ0v) is 16.3. The van der Waals surface area contributed by atoms with Crippen LogP contribution in [0.2, 0.25) is 5.02 Å². The largest absolute Gasteiger partial charge is 0.483 e. The second kappa shape index (κ2) is 8.39. The summed E-state index contributed by atoms with van der Waals surface area (Å²) in [5, 5.41) is 2.54. The molecule has 3 nitrogen and oxygen atoms in total. The average Bonchev–Trinajstić information content (AvgIpc) is 3.15. The lowest BCUT2D eigenvalue weighted by Gasteiger charge is -2.23. The molecule has 3 rings (SSSR count). The highest BCUT2D eigenvalue weighted by molar-refractivity contribution is 7.09. The number of benzene rings is 2. The number of hydrogen-bond acceptors (Lipinski definition) is 3. The number of hydrogen-bond donors (Lipinski definition) is 0. The van der Waals surface area contributed by atoms with Crippen LogP contribution < -0.4 is 9.64 Å². The first-order chi connectivity index (χ1) is 12.6. The fraction of sp³-hybridized carbons (Fsp3) is 0.190. The predicted molar refractivity (Wildman–Crippen MR) is 108 cm³/mol. The van der Waals surface area contributed by atoms with Crippen molar-refractivity contribution in [3.8, 4) is 5.75 Å². The van der Waals surface area contributed by atoms with Gasteiger partial charge in [0.2, 0.25) is 0 Å². The molecule has 0 aliphatic heterocycles. The molecule has 134 valence electrons. The SMILES string of the molecule is Cc1cccc(OCC(=O)N(Cc2cccs2)c2ccccc2Cl)c1C. The number of amides is 1. The number of thiophene rings is 1. The van der Waals surface area contributed by atoms with Crippen molar-refractivity contribution in [1.82, 2.24) is 0 Å². The van der Waals surface area contributed by atoms with Gasteiger partial charge in [-0.1, -0.05) is 41.9 Å². The Bertz CT molecular complexity index is 893. The zero-order chi connectivity index (χ0) is 18.5. The molecule has 2 aromatic carbocycles. The molecule has 0 atom stereocenters. The molecule has 0 radical (unpaired) electrons. The van der Waals surface area contributed by atoms with Gasteiger partial charge in [-0.25, -0.2) is 0 Å². The molecule has 5 heteroatoms. The maximum atomic E-state index is 12.9. The van der Waals surface area contributed by atoms with E-state index in [0.29, 0.717) is 17.3 Å². The van der Waals surface area contributed by atoms with Gasteiger partial charge < -0.3 is 9.64 Å². The van der Waals surface area contributed by atoms with Crippen LogP contribution in [-0.4, -0.2) is 12.5 Å². The van der Waals surface area contributed by atoms with Crippen LogP contribution in [0.1, 0.15) is 16.0 Å². The summed E-state index contributed by atoms with van der Waals surface area (Å²) in [7, 11) is 0. The van der Waals surface area contributed by atoms with Crippen molar-refractivity contribution in [1.29, 1.82) is 0 Å². The van der Waals surface area contributed by atoms with Crippen LogP contribution in [0.3, 0.4) is 0 Å². The Morgan fingerprint density at radius 3 is 2.62 bits per heavy atom. The van der Waals surface area contributed by atoms with Gasteiger partial charge in [0.25, 0.3) is 5.91 Å². The Kier molecular flexibility index (Phi) is 5.96. The van der Waals surface area contributed by atoms with E-state index < -0.39 is 0 Å². The molecule has 1 aromatic heterocycles.